The molecule has 0 saturated heterocycles. The molecule has 2 heterocycles. The number of hydrogen-bond acceptors (Lipinski definition) is 3. The first-order valence-electron chi connectivity index (χ1n) is 13.1. The molecule has 6 rings (SSSR count). The van der Waals surface area contributed by atoms with E-state index in [1.54, 1.807) is 0 Å². The van der Waals surface area contributed by atoms with Gasteiger partial charge in [0, 0.05) is 34.3 Å². The highest BCUT2D eigenvalue weighted by Gasteiger charge is 2.34. The highest BCUT2D eigenvalue weighted by atomic mass is 15.2. The maximum Gasteiger partial charge on any atom is 0.0654 e. The number of aromatic amines is 1. The van der Waals surface area contributed by atoms with Crippen LogP contribution in [0.25, 0.3) is 21.7 Å². The fourth-order valence-corrected chi connectivity index (χ4v) is 6.38. The third-order valence-electron chi connectivity index (χ3n) is 8.14. The zero-order valence-corrected chi connectivity index (χ0v) is 21.6. The maximum atomic E-state index is 4.92. The average Bonchev–Trinajstić information content (AvgIpc) is 3.38. The normalized spacial score (nSPS) is 16.7. The minimum absolute atomic E-state index is 0.0402. The molecule has 36 heavy (non-hydrogen) atoms. The van der Waals surface area contributed by atoms with Gasteiger partial charge in [0.2, 0.25) is 0 Å². The van der Waals surface area contributed by atoms with Gasteiger partial charge in [-0.05, 0) is 72.9 Å². The Balaban J connectivity index is 1.67. The van der Waals surface area contributed by atoms with Crippen molar-refractivity contribution >= 4 is 21.7 Å². The Hall–Kier alpha value is -3.50. The van der Waals surface area contributed by atoms with E-state index in [1.807, 2.05) is 12.4 Å². The van der Waals surface area contributed by atoms with E-state index in [-0.39, 0.29) is 6.04 Å². The molecule has 1 aliphatic carbocycles. The second kappa shape index (κ2) is 9.18. The Bertz CT molecular complexity index is 1550. The Morgan fingerprint density at radius 1 is 0.917 bits per heavy atom. The molecule has 0 aliphatic heterocycles. The Labute approximate surface area is 213 Å². The fourth-order valence-electron chi connectivity index (χ4n) is 6.38. The SMILES string of the molecule is Cc1ncc2ccccc2c1C(c1c(C(C)C)ccc2[nH]ncc12)N(C)C1CCCc2ccccc21. The molecule has 1 aliphatic rings. The van der Waals surface area contributed by atoms with Crippen LogP contribution < -0.4 is 0 Å². The number of nitrogens with one attached hydrogen (secondary N) is 1. The van der Waals surface area contributed by atoms with Crippen LogP contribution in [-0.4, -0.2) is 27.1 Å². The van der Waals surface area contributed by atoms with E-state index >= 15 is 0 Å². The molecule has 2 unspecified atom stereocenters. The third kappa shape index (κ3) is 3.72. The van der Waals surface area contributed by atoms with Crippen LogP contribution in [0.5, 0.6) is 0 Å². The fraction of sp³-hybridized carbons (Fsp3) is 0.312. The molecule has 0 radical (unpaired) electrons. The average molecular weight is 475 g/mol. The van der Waals surface area contributed by atoms with Crippen LogP contribution in [0, 0.1) is 6.92 Å². The topological polar surface area (TPSA) is 44.8 Å². The minimum atomic E-state index is 0.0402. The van der Waals surface area contributed by atoms with Crippen LogP contribution in [0.4, 0.5) is 0 Å². The highest BCUT2D eigenvalue weighted by Crippen LogP contribution is 2.46. The minimum Gasteiger partial charge on any atom is -0.288 e. The molecule has 5 aromatic rings. The summed E-state index contributed by atoms with van der Waals surface area (Å²) in [6, 6.07) is 22.6. The lowest BCUT2D eigenvalue weighted by Gasteiger charge is -2.40. The van der Waals surface area contributed by atoms with E-state index in [9.17, 15) is 0 Å². The summed E-state index contributed by atoms with van der Waals surface area (Å²) >= 11 is 0. The molecule has 0 spiro atoms. The molecular formula is C32H34N4. The molecule has 0 amide bonds. The van der Waals surface area contributed by atoms with Gasteiger partial charge < -0.3 is 0 Å². The quantitative estimate of drug-likeness (QED) is 0.285. The van der Waals surface area contributed by atoms with E-state index in [0.717, 1.165) is 24.1 Å². The van der Waals surface area contributed by atoms with E-state index in [4.69, 9.17) is 4.98 Å². The van der Waals surface area contributed by atoms with Crippen LogP contribution in [0.1, 0.15) is 78.2 Å². The van der Waals surface area contributed by atoms with E-state index in [1.165, 1.54) is 50.4 Å². The summed E-state index contributed by atoms with van der Waals surface area (Å²) in [5, 5.41) is 11.4. The second-order valence-corrected chi connectivity index (χ2v) is 10.6. The van der Waals surface area contributed by atoms with Gasteiger partial charge in [-0.25, -0.2) is 0 Å². The van der Waals surface area contributed by atoms with E-state index < -0.39 is 0 Å². The van der Waals surface area contributed by atoms with Crippen molar-refractivity contribution in [2.75, 3.05) is 7.05 Å². The molecule has 2 atom stereocenters. The van der Waals surface area contributed by atoms with Crippen molar-refractivity contribution in [3.8, 4) is 0 Å². The summed E-state index contributed by atoms with van der Waals surface area (Å²) < 4.78 is 0. The van der Waals surface area contributed by atoms with Crippen molar-refractivity contribution in [3.05, 3.63) is 107 Å². The van der Waals surface area contributed by atoms with Crippen LogP contribution in [-0.2, 0) is 6.42 Å². The predicted octanol–water partition coefficient (Wildman–Crippen LogP) is 7.64. The van der Waals surface area contributed by atoms with Gasteiger partial charge in [0.1, 0.15) is 0 Å². The Morgan fingerprint density at radius 2 is 1.72 bits per heavy atom. The number of hydrogen-bond donors (Lipinski definition) is 1. The number of H-pyrrole nitrogens is 1. The number of aromatic nitrogens is 3. The monoisotopic (exact) mass is 474 g/mol. The third-order valence-corrected chi connectivity index (χ3v) is 8.14. The number of aryl methyl sites for hydroxylation is 2. The number of fused-ring (bicyclic) bond motifs is 3. The molecular weight excluding hydrogens is 440 g/mol. The van der Waals surface area contributed by atoms with Crippen molar-refractivity contribution in [1.29, 1.82) is 0 Å². The van der Waals surface area contributed by atoms with Gasteiger partial charge >= 0.3 is 0 Å². The smallest absolute Gasteiger partial charge is 0.0654 e. The molecule has 2 aromatic heterocycles. The predicted molar refractivity (Wildman–Crippen MR) is 148 cm³/mol. The Kier molecular flexibility index (Phi) is 5.85. The van der Waals surface area contributed by atoms with Crippen molar-refractivity contribution in [1.82, 2.24) is 20.1 Å². The lowest BCUT2D eigenvalue weighted by Crippen LogP contribution is -2.33. The van der Waals surface area contributed by atoms with Gasteiger partial charge in [0.15, 0.2) is 0 Å². The first kappa shape index (κ1) is 22.9. The van der Waals surface area contributed by atoms with Gasteiger partial charge in [0.05, 0.1) is 17.8 Å². The van der Waals surface area contributed by atoms with E-state index in [0.29, 0.717) is 12.0 Å². The molecule has 1 N–H and O–H groups in total. The maximum absolute atomic E-state index is 4.92. The molecule has 182 valence electrons. The molecule has 0 bridgehead atoms. The number of benzene rings is 3. The number of rotatable bonds is 5. The first-order chi connectivity index (χ1) is 17.5. The van der Waals surface area contributed by atoms with E-state index in [2.05, 4.69) is 104 Å². The zero-order chi connectivity index (χ0) is 24.8. The lowest BCUT2D eigenvalue weighted by atomic mass is 9.81. The molecule has 3 aromatic carbocycles. The Morgan fingerprint density at radius 3 is 2.58 bits per heavy atom. The summed E-state index contributed by atoms with van der Waals surface area (Å²) in [6.45, 7) is 6.76. The standard InChI is InChI=1S/C32H34N4/c1-20(2)24-16-17-28-27(19-34-35-28)31(24)32(30-21(3)33-18-23-11-6-8-14-26(23)30)36(4)29-15-9-12-22-10-5-7-13-25(22)29/h5-8,10-11,13-14,16-20,29,32H,9,12,15H2,1-4H3,(H,34,35). The van der Waals surface area contributed by atoms with Gasteiger partial charge in [-0.15, -0.1) is 0 Å². The molecule has 0 saturated carbocycles. The van der Waals surface area contributed by atoms with Gasteiger partial charge in [-0.1, -0.05) is 68.4 Å². The molecule has 4 heteroatoms. The summed E-state index contributed by atoms with van der Waals surface area (Å²) in [7, 11) is 2.32. The van der Waals surface area contributed by atoms with Crippen molar-refractivity contribution < 1.29 is 0 Å². The number of nitrogens with zero attached hydrogens (tertiary/aromatic N) is 3. The van der Waals surface area contributed by atoms with Gasteiger partial charge in [0.25, 0.3) is 0 Å². The van der Waals surface area contributed by atoms with Crippen LogP contribution in [0.15, 0.2) is 73.1 Å². The summed E-state index contributed by atoms with van der Waals surface area (Å²) in [4.78, 5) is 7.54. The summed E-state index contributed by atoms with van der Waals surface area (Å²) in [6.07, 6.45) is 7.55. The van der Waals surface area contributed by atoms with Crippen molar-refractivity contribution in [2.45, 2.75) is 58.0 Å². The van der Waals surface area contributed by atoms with Gasteiger partial charge in [-0.2, -0.15) is 5.10 Å². The van der Waals surface area contributed by atoms with Crippen LogP contribution in [0.3, 0.4) is 0 Å². The molecule has 4 nitrogen and oxygen atoms in total. The lowest BCUT2D eigenvalue weighted by molar-refractivity contribution is 0.180. The summed E-state index contributed by atoms with van der Waals surface area (Å²) in [5.74, 6) is 0.386. The van der Waals surface area contributed by atoms with Gasteiger partial charge in [-0.3, -0.25) is 15.0 Å². The second-order valence-electron chi connectivity index (χ2n) is 10.6. The first-order valence-corrected chi connectivity index (χ1v) is 13.1. The van der Waals surface area contributed by atoms with Crippen molar-refractivity contribution in [3.63, 3.8) is 0 Å². The summed E-state index contributed by atoms with van der Waals surface area (Å²) in [5.41, 5.74) is 9.15. The molecule has 0 fully saturated rings. The highest BCUT2D eigenvalue weighted by molar-refractivity contribution is 5.89. The van der Waals surface area contributed by atoms with Crippen molar-refractivity contribution in [2.24, 2.45) is 0 Å². The largest absolute Gasteiger partial charge is 0.288 e. The van der Waals surface area contributed by atoms with Crippen LogP contribution >= 0.6 is 0 Å². The number of pyridine rings is 1. The zero-order valence-electron chi connectivity index (χ0n) is 21.6. The van der Waals surface area contributed by atoms with Crippen LogP contribution in [0.2, 0.25) is 0 Å².